The molecule has 43 heavy (non-hydrogen) atoms. The standard InChI is InChI=1S/C28H34N6O9/c1-40-11-9-24(35)31-10-12-42-19(15-31)16-32(20-5-3-4-6-21(20)41-2)25(36)13-22-29-23(43-30-22)17-34-27(38)26(37)33(28(34)39)14-18-7-8-18/h3-6,18-19H,7-17H2,1-2H3. The average molecular weight is 599 g/mol. The van der Waals surface area contributed by atoms with Crippen LogP contribution in [0.15, 0.2) is 28.8 Å². The van der Waals surface area contributed by atoms with Crippen molar-refractivity contribution >= 4 is 35.3 Å². The number of urea groups is 1. The summed E-state index contributed by atoms with van der Waals surface area (Å²) in [6.07, 6.45) is 1.32. The summed E-state index contributed by atoms with van der Waals surface area (Å²) in [5.41, 5.74) is 0.493. The molecule has 0 bridgehead atoms. The van der Waals surface area contributed by atoms with E-state index in [1.807, 2.05) is 0 Å². The van der Waals surface area contributed by atoms with E-state index in [-0.39, 0.29) is 56.0 Å². The molecule has 1 aromatic carbocycles. The second kappa shape index (κ2) is 13.3. The van der Waals surface area contributed by atoms with Crippen molar-refractivity contribution in [3.63, 3.8) is 0 Å². The van der Waals surface area contributed by atoms with Crippen LogP contribution in [-0.2, 0) is 41.6 Å². The number of morpholine rings is 1. The molecule has 0 radical (unpaired) electrons. The van der Waals surface area contributed by atoms with Crippen molar-refractivity contribution in [2.75, 3.05) is 58.5 Å². The maximum Gasteiger partial charge on any atom is 0.334 e. The summed E-state index contributed by atoms with van der Waals surface area (Å²) >= 11 is 0. The summed E-state index contributed by atoms with van der Waals surface area (Å²) in [4.78, 5) is 72.8. The Hall–Kier alpha value is -4.37. The van der Waals surface area contributed by atoms with E-state index in [1.165, 1.54) is 19.1 Å². The number of hydrogen-bond acceptors (Lipinski definition) is 11. The molecule has 5 rings (SSSR count). The number of anilines is 1. The number of carbonyl (C=O) groups is 5. The minimum Gasteiger partial charge on any atom is -0.495 e. The number of methoxy groups -OCH3 is 2. The maximum absolute atomic E-state index is 13.7. The first kappa shape index (κ1) is 30.1. The van der Waals surface area contributed by atoms with Gasteiger partial charge in [-0.1, -0.05) is 17.3 Å². The van der Waals surface area contributed by atoms with Gasteiger partial charge in [-0.15, -0.1) is 0 Å². The van der Waals surface area contributed by atoms with Crippen molar-refractivity contribution in [3.8, 4) is 5.75 Å². The molecule has 2 aliphatic heterocycles. The van der Waals surface area contributed by atoms with E-state index in [2.05, 4.69) is 10.1 Å². The molecular weight excluding hydrogens is 564 g/mol. The average Bonchev–Trinajstić information content (AvgIpc) is 3.71. The third-order valence-electron chi connectivity index (χ3n) is 7.46. The molecule has 15 heteroatoms. The molecule has 3 heterocycles. The fraction of sp³-hybridized carbons (Fsp3) is 0.536. The van der Waals surface area contributed by atoms with E-state index in [9.17, 15) is 24.0 Å². The van der Waals surface area contributed by atoms with Crippen molar-refractivity contribution in [1.82, 2.24) is 24.8 Å². The van der Waals surface area contributed by atoms with Gasteiger partial charge in [-0.05, 0) is 30.9 Å². The van der Waals surface area contributed by atoms with Crippen LogP contribution < -0.4 is 9.64 Å². The van der Waals surface area contributed by atoms with Crippen LogP contribution in [0.1, 0.15) is 31.0 Å². The third kappa shape index (κ3) is 7.00. The first-order valence-corrected chi connectivity index (χ1v) is 14.1. The lowest BCUT2D eigenvalue weighted by Crippen LogP contribution is -2.51. The molecule has 1 aliphatic carbocycles. The van der Waals surface area contributed by atoms with Gasteiger partial charge in [0.2, 0.25) is 17.7 Å². The Bertz CT molecular complexity index is 1380. The molecule has 0 spiro atoms. The Labute approximate surface area is 247 Å². The number of benzene rings is 1. The Kier molecular flexibility index (Phi) is 9.31. The molecule has 1 unspecified atom stereocenters. The van der Waals surface area contributed by atoms with E-state index in [0.717, 1.165) is 22.6 Å². The van der Waals surface area contributed by atoms with Crippen molar-refractivity contribution in [1.29, 1.82) is 0 Å². The molecule has 6 amide bonds. The number of imide groups is 2. The summed E-state index contributed by atoms with van der Waals surface area (Å²) in [6.45, 7) is 1.32. The molecule has 2 saturated heterocycles. The highest BCUT2D eigenvalue weighted by atomic mass is 16.5. The van der Waals surface area contributed by atoms with Crippen LogP contribution in [0.25, 0.3) is 0 Å². The summed E-state index contributed by atoms with van der Waals surface area (Å²) < 4.78 is 21.7. The van der Waals surface area contributed by atoms with Gasteiger partial charge in [0.25, 0.3) is 0 Å². The molecule has 3 fully saturated rings. The molecular formula is C28H34N6O9. The predicted octanol–water partition coefficient (Wildman–Crippen LogP) is 0.619. The van der Waals surface area contributed by atoms with Crippen LogP contribution in [0.5, 0.6) is 5.75 Å². The van der Waals surface area contributed by atoms with Gasteiger partial charge in [0.05, 0.1) is 51.5 Å². The number of aromatic nitrogens is 2. The van der Waals surface area contributed by atoms with Gasteiger partial charge in [0.1, 0.15) is 12.3 Å². The molecule has 230 valence electrons. The lowest BCUT2D eigenvalue weighted by atomic mass is 10.2. The highest BCUT2D eigenvalue weighted by molar-refractivity contribution is 6.44. The minimum absolute atomic E-state index is 0.0288. The molecule has 15 nitrogen and oxygen atoms in total. The monoisotopic (exact) mass is 598 g/mol. The van der Waals surface area contributed by atoms with Gasteiger partial charge in [0, 0.05) is 26.7 Å². The van der Waals surface area contributed by atoms with E-state index in [0.29, 0.717) is 37.7 Å². The van der Waals surface area contributed by atoms with Crippen molar-refractivity contribution in [3.05, 3.63) is 36.0 Å². The molecule has 2 aromatic rings. The van der Waals surface area contributed by atoms with Gasteiger partial charge in [-0.3, -0.25) is 24.1 Å². The highest BCUT2D eigenvalue weighted by Crippen LogP contribution is 2.32. The van der Waals surface area contributed by atoms with E-state index >= 15 is 0 Å². The Morgan fingerprint density at radius 1 is 1.09 bits per heavy atom. The Morgan fingerprint density at radius 2 is 1.86 bits per heavy atom. The van der Waals surface area contributed by atoms with Crippen LogP contribution in [0.4, 0.5) is 10.5 Å². The fourth-order valence-corrected chi connectivity index (χ4v) is 5.00. The first-order valence-electron chi connectivity index (χ1n) is 14.1. The van der Waals surface area contributed by atoms with Gasteiger partial charge in [-0.2, -0.15) is 4.98 Å². The lowest BCUT2D eigenvalue weighted by molar-refractivity contribution is -0.143. The number of amides is 6. The smallest absolute Gasteiger partial charge is 0.334 e. The third-order valence-corrected chi connectivity index (χ3v) is 7.46. The van der Waals surface area contributed by atoms with Gasteiger partial charge in [0.15, 0.2) is 5.82 Å². The molecule has 3 aliphatic rings. The molecule has 0 N–H and O–H groups in total. The Balaban J connectivity index is 1.27. The SMILES string of the molecule is COCCC(=O)N1CCOC(CN(C(=O)Cc2noc(CN3C(=O)C(=O)N(CC4CC4)C3=O)n2)c2ccccc2OC)C1. The zero-order chi connectivity index (χ0) is 30.5. The number of hydrogen-bond donors (Lipinski definition) is 0. The maximum atomic E-state index is 13.7. The summed E-state index contributed by atoms with van der Waals surface area (Å²) in [5, 5.41) is 3.87. The zero-order valence-electron chi connectivity index (χ0n) is 24.1. The van der Waals surface area contributed by atoms with Crippen molar-refractivity contribution < 1.29 is 42.7 Å². The molecule has 1 saturated carbocycles. The van der Waals surface area contributed by atoms with Crippen molar-refractivity contribution in [2.24, 2.45) is 5.92 Å². The number of rotatable bonds is 13. The van der Waals surface area contributed by atoms with Crippen molar-refractivity contribution in [2.45, 2.75) is 38.3 Å². The number of ether oxygens (including phenoxy) is 3. The summed E-state index contributed by atoms with van der Waals surface area (Å²) in [6, 6.07) is 6.29. The quantitative estimate of drug-likeness (QED) is 0.234. The highest BCUT2D eigenvalue weighted by Gasteiger charge is 2.46. The minimum atomic E-state index is -0.953. The molecule has 1 aromatic heterocycles. The molecule has 1 atom stereocenters. The number of nitrogens with zero attached hydrogens (tertiary/aromatic N) is 6. The van der Waals surface area contributed by atoms with Crippen LogP contribution >= 0.6 is 0 Å². The van der Waals surface area contributed by atoms with E-state index < -0.39 is 29.9 Å². The van der Waals surface area contributed by atoms with Crippen LogP contribution in [0, 0.1) is 5.92 Å². The Morgan fingerprint density at radius 3 is 2.60 bits per heavy atom. The fourth-order valence-electron chi connectivity index (χ4n) is 5.00. The second-order valence-electron chi connectivity index (χ2n) is 10.6. The summed E-state index contributed by atoms with van der Waals surface area (Å²) in [5.74, 6) is -1.66. The van der Waals surface area contributed by atoms with E-state index in [4.69, 9.17) is 18.7 Å². The number of carbonyl (C=O) groups excluding carboxylic acids is 5. The van der Waals surface area contributed by atoms with Crippen LogP contribution in [-0.4, -0.2) is 114 Å². The van der Waals surface area contributed by atoms with Crippen LogP contribution in [0.2, 0.25) is 0 Å². The first-order chi connectivity index (χ1) is 20.8. The summed E-state index contributed by atoms with van der Waals surface area (Å²) in [7, 11) is 3.03. The number of para-hydroxylation sites is 2. The van der Waals surface area contributed by atoms with Crippen LogP contribution in [0.3, 0.4) is 0 Å². The van der Waals surface area contributed by atoms with Gasteiger partial charge in [-0.25, -0.2) is 9.69 Å². The van der Waals surface area contributed by atoms with E-state index in [1.54, 1.807) is 29.2 Å². The lowest BCUT2D eigenvalue weighted by Gasteiger charge is -2.36. The normalized spacial score (nSPS) is 18.9. The zero-order valence-corrected chi connectivity index (χ0v) is 24.1. The second-order valence-corrected chi connectivity index (χ2v) is 10.6. The largest absolute Gasteiger partial charge is 0.495 e. The van der Waals surface area contributed by atoms with Gasteiger partial charge < -0.3 is 28.5 Å². The predicted molar refractivity (Wildman–Crippen MR) is 147 cm³/mol. The topological polar surface area (TPSA) is 165 Å². The van der Waals surface area contributed by atoms with Gasteiger partial charge >= 0.3 is 17.8 Å².